The van der Waals surface area contributed by atoms with E-state index in [0.29, 0.717) is 0 Å². The van der Waals surface area contributed by atoms with Gasteiger partial charge in [0.15, 0.2) is 5.69 Å². The topological polar surface area (TPSA) is 49.8 Å². The molecule has 2 N–H and O–H groups in total. The molecule has 0 fully saturated rings. The molecule has 8 heteroatoms. The van der Waals surface area contributed by atoms with Crippen LogP contribution in [0.4, 0.5) is 30.6 Å². The lowest BCUT2D eigenvalue weighted by Gasteiger charge is -2.22. The van der Waals surface area contributed by atoms with Crippen molar-refractivity contribution >= 4 is 33.4 Å². The number of anilines is 3. The average Bonchev–Trinajstić information content (AvgIpc) is 2.39. The first-order chi connectivity index (χ1) is 11.3. The van der Waals surface area contributed by atoms with E-state index in [1.807, 2.05) is 46.8 Å². The molecule has 1 aromatic carbocycles. The highest BCUT2D eigenvalue weighted by Gasteiger charge is 2.34. The van der Waals surface area contributed by atoms with Crippen molar-refractivity contribution in [3.63, 3.8) is 0 Å². The van der Waals surface area contributed by atoms with E-state index in [-0.39, 0.29) is 11.8 Å². The minimum Gasteiger partial charge on any atom is -0.350 e. The molecule has 0 bridgehead atoms. The van der Waals surface area contributed by atoms with E-state index in [2.05, 4.69) is 36.5 Å². The van der Waals surface area contributed by atoms with Gasteiger partial charge < -0.3 is 10.6 Å². The molecule has 0 radical (unpaired) electrons. The van der Waals surface area contributed by atoms with Crippen LogP contribution in [0.3, 0.4) is 0 Å². The van der Waals surface area contributed by atoms with Crippen LogP contribution in [0.2, 0.25) is 0 Å². The van der Waals surface area contributed by atoms with E-state index in [1.165, 1.54) is 0 Å². The number of nitrogens with zero attached hydrogens (tertiary/aromatic N) is 2. The molecule has 0 unspecified atom stereocenters. The fourth-order valence-electron chi connectivity index (χ4n) is 2.28. The number of benzene rings is 1. The Hall–Kier alpha value is -1.83. The fourth-order valence-corrected chi connectivity index (χ4v) is 2.97. The lowest BCUT2D eigenvalue weighted by atomic mass is 10.1. The van der Waals surface area contributed by atoms with Crippen LogP contribution in [0.1, 0.15) is 37.6 Å². The summed E-state index contributed by atoms with van der Waals surface area (Å²) >= 11 is 3.40. The number of hydrogen-bond donors (Lipinski definition) is 2. The number of nitrogens with one attached hydrogen (secondary N) is 2. The van der Waals surface area contributed by atoms with E-state index in [4.69, 9.17) is 0 Å². The second-order valence-electron chi connectivity index (χ2n) is 6.87. The van der Waals surface area contributed by atoms with Crippen LogP contribution in [0.5, 0.6) is 0 Å². The van der Waals surface area contributed by atoms with Crippen molar-refractivity contribution in [3.05, 3.63) is 39.5 Å². The predicted molar refractivity (Wildman–Crippen MR) is 97.3 cm³/mol. The normalized spacial score (nSPS) is 12.2. The maximum absolute atomic E-state index is 13.2. The molecule has 25 heavy (non-hydrogen) atoms. The standard InChI is InChI=1S/C17H20BrF3N4/c1-9-6-11(18)7-10(2)14(9)23-13-8-12(17(19,20)21)22-15(24-13)25-16(3,4)5/h6-8H,1-5H3,(H2,22,23,24,25). The number of halogens is 4. The maximum atomic E-state index is 13.2. The van der Waals surface area contributed by atoms with Crippen LogP contribution in [0.15, 0.2) is 22.7 Å². The Morgan fingerprint density at radius 2 is 1.52 bits per heavy atom. The Balaban J connectivity index is 2.48. The lowest BCUT2D eigenvalue weighted by molar-refractivity contribution is -0.141. The highest BCUT2D eigenvalue weighted by atomic mass is 79.9. The third-order valence-corrected chi connectivity index (χ3v) is 3.71. The molecule has 0 amide bonds. The van der Waals surface area contributed by atoms with Crippen LogP contribution in [-0.4, -0.2) is 15.5 Å². The summed E-state index contributed by atoms with van der Waals surface area (Å²) in [5.41, 5.74) is 1.04. The zero-order chi connectivity index (χ0) is 19.0. The molecular formula is C17H20BrF3N4. The van der Waals surface area contributed by atoms with Crippen molar-refractivity contribution in [3.8, 4) is 0 Å². The molecule has 4 nitrogen and oxygen atoms in total. The minimum atomic E-state index is -4.56. The van der Waals surface area contributed by atoms with Crippen LogP contribution in [0, 0.1) is 13.8 Å². The van der Waals surface area contributed by atoms with E-state index in [0.717, 1.165) is 27.4 Å². The van der Waals surface area contributed by atoms with Crippen molar-refractivity contribution in [2.45, 2.75) is 46.3 Å². The van der Waals surface area contributed by atoms with Crippen LogP contribution in [-0.2, 0) is 6.18 Å². The summed E-state index contributed by atoms with van der Waals surface area (Å²) in [6.45, 7) is 9.23. The predicted octanol–water partition coefficient (Wildman–Crippen LogP) is 5.83. The molecule has 0 atom stereocenters. The molecule has 1 aromatic heterocycles. The Morgan fingerprint density at radius 1 is 0.960 bits per heavy atom. The van der Waals surface area contributed by atoms with Gasteiger partial charge in [-0.2, -0.15) is 18.2 Å². The van der Waals surface area contributed by atoms with Gasteiger partial charge in [0.1, 0.15) is 5.82 Å². The smallest absolute Gasteiger partial charge is 0.350 e. The van der Waals surface area contributed by atoms with E-state index in [9.17, 15) is 13.2 Å². The highest BCUT2D eigenvalue weighted by molar-refractivity contribution is 9.10. The summed E-state index contributed by atoms with van der Waals surface area (Å²) in [6, 6.07) is 4.68. The first kappa shape index (κ1) is 19.5. The van der Waals surface area contributed by atoms with Crippen molar-refractivity contribution < 1.29 is 13.2 Å². The molecule has 0 aliphatic carbocycles. The van der Waals surface area contributed by atoms with Crippen molar-refractivity contribution in [1.29, 1.82) is 0 Å². The third-order valence-electron chi connectivity index (χ3n) is 3.25. The van der Waals surface area contributed by atoms with Gasteiger partial charge in [-0.15, -0.1) is 0 Å². The molecule has 0 saturated carbocycles. The number of alkyl halides is 3. The van der Waals surface area contributed by atoms with Crippen LogP contribution >= 0.6 is 15.9 Å². The zero-order valence-corrected chi connectivity index (χ0v) is 16.2. The summed E-state index contributed by atoms with van der Waals surface area (Å²) < 4.78 is 40.4. The van der Waals surface area contributed by atoms with Gasteiger partial charge in [-0.1, -0.05) is 15.9 Å². The monoisotopic (exact) mass is 416 g/mol. The van der Waals surface area contributed by atoms with Crippen molar-refractivity contribution in [1.82, 2.24) is 9.97 Å². The molecule has 0 aliphatic heterocycles. The van der Waals surface area contributed by atoms with Gasteiger partial charge in [-0.25, -0.2) is 4.98 Å². The van der Waals surface area contributed by atoms with Crippen molar-refractivity contribution in [2.75, 3.05) is 10.6 Å². The van der Waals surface area contributed by atoms with Gasteiger partial charge in [0.2, 0.25) is 5.95 Å². The van der Waals surface area contributed by atoms with Gasteiger partial charge >= 0.3 is 6.18 Å². The second-order valence-corrected chi connectivity index (χ2v) is 7.79. The van der Waals surface area contributed by atoms with Gasteiger partial charge in [0, 0.05) is 21.8 Å². The van der Waals surface area contributed by atoms with Crippen LogP contribution < -0.4 is 10.6 Å². The molecule has 2 rings (SSSR count). The Kier molecular flexibility index (Phi) is 5.32. The van der Waals surface area contributed by atoms with Gasteiger partial charge in [0.05, 0.1) is 0 Å². The summed E-state index contributed by atoms with van der Waals surface area (Å²) in [4.78, 5) is 7.78. The quantitative estimate of drug-likeness (QED) is 0.660. The van der Waals surface area contributed by atoms with Gasteiger partial charge in [-0.05, 0) is 57.9 Å². The summed E-state index contributed by atoms with van der Waals surface area (Å²) in [5.74, 6) is 0.0137. The minimum absolute atomic E-state index is 0.0720. The number of aromatic nitrogens is 2. The molecule has 1 heterocycles. The average molecular weight is 417 g/mol. The molecule has 0 spiro atoms. The largest absolute Gasteiger partial charge is 0.433 e. The first-order valence-corrected chi connectivity index (χ1v) is 8.43. The molecule has 0 aliphatic rings. The van der Waals surface area contributed by atoms with Crippen molar-refractivity contribution in [2.24, 2.45) is 0 Å². The molecule has 0 saturated heterocycles. The maximum Gasteiger partial charge on any atom is 0.433 e. The summed E-state index contributed by atoms with van der Waals surface area (Å²) in [6.07, 6.45) is -4.56. The first-order valence-electron chi connectivity index (χ1n) is 7.63. The molecule has 136 valence electrons. The number of rotatable bonds is 3. The third kappa shape index (κ3) is 5.32. The Morgan fingerprint density at radius 3 is 2.00 bits per heavy atom. The summed E-state index contributed by atoms with van der Waals surface area (Å²) in [5, 5.41) is 5.88. The fraction of sp³-hybridized carbons (Fsp3) is 0.412. The summed E-state index contributed by atoms with van der Waals surface area (Å²) in [7, 11) is 0. The zero-order valence-electron chi connectivity index (χ0n) is 14.6. The van der Waals surface area contributed by atoms with Gasteiger partial charge in [0.25, 0.3) is 0 Å². The SMILES string of the molecule is Cc1cc(Br)cc(C)c1Nc1cc(C(F)(F)F)nc(NC(C)(C)C)n1. The highest BCUT2D eigenvalue weighted by Crippen LogP contribution is 2.32. The second kappa shape index (κ2) is 6.82. The van der Waals surface area contributed by atoms with E-state index < -0.39 is 17.4 Å². The molecule has 2 aromatic rings. The number of aryl methyl sites for hydroxylation is 2. The van der Waals surface area contributed by atoms with Gasteiger partial charge in [-0.3, -0.25) is 0 Å². The number of hydrogen-bond acceptors (Lipinski definition) is 4. The lowest BCUT2D eigenvalue weighted by Crippen LogP contribution is -2.28. The van der Waals surface area contributed by atoms with Crippen LogP contribution in [0.25, 0.3) is 0 Å². The molecular weight excluding hydrogens is 397 g/mol. The van der Waals surface area contributed by atoms with E-state index in [1.54, 1.807) is 0 Å². The van der Waals surface area contributed by atoms with E-state index >= 15 is 0 Å². The Bertz CT molecular complexity index is 759. The Labute approximate surface area is 153 Å².